The Bertz CT molecular complexity index is 546. The van der Waals surface area contributed by atoms with Crippen molar-refractivity contribution in [3.05, 3.63) is 23.8 Å². The number of ether oxygens (including phenoxy) is 1. The molecule has 2 rings (SSSR count). The fourth-order valence-electron chi connectivity index (χ4n) is 2.14. The van der Waals surface area contributed by atoms with Crippen LogP contribution in [-0.4, -0.2) is 52.9 Å². The summed E-state index contributed by atoms with van der Waals surface area (Å²) in [4.78, 5) is 24.6. The second-order valence-corrected chi connectivity index (χ2v) is 4.81. The topological polar surface area (TPSA) is 99.1 Å². The number of rotatable bonds is 3. The Balaban J connectivity index is 2.02. The third kappa shape index (κ3) is 3.63. The molecule has 0 spiro atoms. The first-order chi connectivity index (χ1) is 10.0. The number of nitrogens with zero attached hydrogens (tertiary/aromatic N) is 1. The molecule has 0 aliphatic carbocycles. The van der Waals surface area contributed by atoms with Gasteiger partial charge < -0.3 is 25.2 Å². The van der Waals surface area contributed by atoms with Crippen molar-refractivity contribution < 1.29 is 24.5 Å². The van der Waals surface area contributed by atoms with E-state index in [2.05, 4.69) is 5.32 Å². The Morgan fingerprint density at radius 1 is 1.48 bits per heavy atom. The van der Waals surface area contributed by atoms with E-state index in [0.717, 1.165) is 6.42 Å². The minimum absolute atomic E-state index is 0.0345. The summed E-state index contributed by atoms with van der Waals surface area (Å²) in [5.74, 6) is -1.60. The van der Waals surface area contributed by atoms with Gasteiger partial charge in [0.05, 0.1) is 12.7 Å². The van der Waals surface area contributed by atoms with Gasteiger partial charge in [-0.2, -0.15) is 0 Å². The molecule has 1 aromatic rings. The van der Waals surface area contributed by atoms with Crippen molar-refractivity contribution >= 4 is 17.7 Å². The normalized spacial score (nSPS) is 18.3. The van der Waals surface area contributed by atoms with E-state index in [0.29, 0.717) is 25.4 Å². The molecule has 3 N–H and O–H groups in total. The number of anilines is 1. The van der Waals surface area contributed by atoms with Crippen LogP contribution in [0, 0.1) is 0 Å². The van der Waals surface area contributed by atoms with E-state index in [9.17, 15) is 14.7 Å². The molecule has 1 aliphatic heterocycles. The number of amides is 2. The van der Waals surface area contributed by atoms with Crippen LogP contribution >= 0.6 is 0 Å². The number of carboxylic acid groups (broad SMARTS) is 1. The number of carbonyl (C=O) groups excluding carboxylic acids is 1. The maximum absolute atomic E-state index is 12.1. The molecular formula is C14H18N2O5. The molecule has 2 amide bonds. The standard InChI is InChI=1S/C14H18N2O5/c1-2-10-8-16(5-6-21-10)14(20)15-9-3-4-11(13(18)19)12(17)7-9/h3-4,7,10,17H,2,5-6,8H2,1H3,(H,15,20)(H,18,19). The molecule has 7 nitrogen and oxygen atoms in total. The van der Waals surface area contributed by atoms with Crippen LogP contribution in [-0.2, 0) is 4.74 Å². The Morgan fingerprint density at radius 3 is 2.86 bits per heavy atom. The molecule has 0 bridgehead atoms. The summed E-state index contributed by atoms with van der Waals surface area (Å²) >= 11 is 0. The highest BCUT2D eigenvalue weighted by atomic mass is 16.5. The first-order valence-electron chi connectivity index (χ1n) is 6.75. The molecular weight excluding hydrogens is 276 g/mol. The van der Waals surface area contributed by atoms with Crippen molar-refractivity contribution in [1.82, 2.24) is 4.90 Å². The van der Waals surface area contributed by atoms with Gasteiger partial charge in [-0.3, -0.25) is 0 Å². The van der Waals surface area contributed by atoms with E-state index in [1.165, 1.54) is 18.2 Å². The number of hydrogen-bond acceptors (Lipinski definition) is 4. The van der Waals surface area contributed by atoms with Crippen molar-refractivity contribution in [2.75, 3.05) is 25.0 Å². The van der Waals surface area contributed by atoms with Crippen LogP contribution in [0.3, 0.4) is 0 Å². The summed E-state index contributed by atoms with van der Waals surface area (Å²) in [6.45, 7) is 3.51. The first-order valence-corrected chi connectivity index (χ1v) is 6.75. The van der Waals surface area contributed by atoms with Gasteiger partial charge in [0.15, 0.2) is 0 Å². The first kappa shape index (κ1) is 15.1. The van der Waals surface area contributed by atoms with Gasteiger partial charge >= 0.3 is 12.0 Å². The quantitative estimate of drug-likeness (QED) is 0.788. The zero-order valence-corrected chi connectivity index (χ0v) is 11.7. The summed E-state index contributed by atoms with van der Waals surface area (Å²) in [6.07, 6.45) is 0.866. The highest BCUT2D eigenvalue weighted by Gasteiger charge is 2.23. The molecule has 1 unspecified atom stereocenters. The molecule has 1 aliphatic rings. The SMILES string of the molecule is CCC1CN(C(=O)Nc2ccc(C(=O)O)c(O)c2)CCO1. The Hall–Kier alpha value is -2.28. The molecule has 1 atom stereocenters. The van der Waals surface area contributed by atoms with Crippen LogP contribution in [0.1, 0.15) is 23.7 Å². The van der Waals surface area contributed by atoms with Gasteiger partial charge in [0.2, 0.25) is 0 Å². The Kier molecular flexibility index (Phi) is 4.64. The zero-order valence-electron chi connectivity index (χ0n) is 11.7. The predicted octanol–water partition coefficient (Wildman–Crippen LogP) is 1.73. The maximum atomic E-state index is 12.1. The van der Waals surface area contributed by atoms with E-state index in [4.69, 9.17) is 9.84 Å². The summed E-state index contributed by atoms with van der Waals surface area (Å²) in [5.41, 5.74) is 0.146. The fourth-order valence-corrected chi connectivity index (χ4v) is 2.14. The lowest BCUT2D eigenvalue weighted by atomic mass is 10.2. The third-order valence-electron chi connectivity index (χ3n) is 3.36. The van der Waals surface area contributed by atoms with E-state index in [1.807, 2.05) is 6.92 Å². The average Bonchev–Trinajstić information content (AvgIpc) is 2.47. The molecule has 114 valence electrons. The highest BCUT2D eigenvalue weighted by molar-refractivity contribution is 5.94. The van der Waals surface area contributed by atoms with Gasteiger partial charge in [0.25, 0.3) is 0 Å². The second-order valence-electron chi connectivity index (χ2n) is 4.81. The van der Waals surface area contributed by atoms with Crippen molar-refractivity contribution in [2.45, 2.75) is 19.4 Å². The van der Waals surface area contributed by atoms with Crippen LogP contribution in [0.25, 0.3) is 0 Å². The number of carboxylic acids is 1. The third-order valence-corrected chi connectivity index (χ3v) is 3.36. The lowest BCUT2D eigenvalue weighted by Crippen LogP contribution is -2.47. The number of nitrogens with one attached hydrogen (secondary N) is 1. The van der Waals surface area contributed by atoms with Crippen LogP contribution in [0.5, 0.6) is 5.75 Å². The zero-order chi connectivity index (χ0) is 15.4. The molecule has 1 fully saturated rings. The van der Waals surface area contributed by atoms with Crippen molar-refractivity contribution in [3.8, 4) is 5.75 Å². The van der Waals surface area contributed by atoms with Crippen LogP contribution in [0.2, 0.25) is 0 Å². The van der Waals surface area contributed by atoms with E-state index >= 15 is 0 Å². The lowest BCUT2D eigenvalue weighted by molar-refractivity contribution is -0.0134. The van der Waals surface area contributed by atoms with Gasteiger partial charge in [0, 0.05) is 24.8 Å². The lowest BCUT2D eigenvalue weighted by Gasteiger charge is -2.32. The molecule has 1 heterocycles. The molecule has 21 heavy (non-hydrogen) atoms. The number of aromatic hydroxyl groups is 1. The van der Waals surface area contributed by atoms with Crippen LogP contribution in [0.4, 0.5) is 10.5 Å². The minimum atomic E-state index is -1.22. The number of phenols is 1. The molecule has 1 aromatic carbocycles. The fraction of sp³-hybridized carbons (Fsp3) is 0.429. The van der Waals surface area contributed by atoms with Gasteiger partial charge in [-0.15, -0.1) is 0 Å². The number of urea groups is 1. The van der Waals surface area contributed by atoms with Gasteiger partial charge in [-0.05, 0) is 18.6 Å². The van der Waals surface area contributed by atoms with Gasteiger partial charge in [-0.1, -0.05) is 6.92 Å². The molecule has 0 radical (unpaired) electrons. The minimum Gasteiger partial charge on any atom is -0.507 e. The van der Waals surface area contributed by atoms with Crippen molar-refractivity contribution in [1.29, 1.82) is 0 Å². The van der Waals surface area contributed by atoms with Crippen LogP contribution in [0.15, 0.2) is 18.2 Å². The van der Waals surface area contributed by atoms with Crippen molar-refractivity contribution in [3.63, 3.8) is 0 Å². The summed E-state index contributed by atoms with van der Waals surface area (Å²) in [6, 6.07) is 3.62. The average molecular weight is 294 g/mol. The highest BCUT2D eigenvalue weighted by Crippen LogP contribution is 2.22. The summed E-state index contributed by atoms with van der Waals surface area (Å²) in [7, 11) is 0. The Labute approximate surface area is 122 Å². The summed E-state index contributed by atoms with van der Waals surface area (Å²) < 4.78 is 5.49. The number of carbonyl (C=O) groups is 2. The number of hydrogen-bond donors (Lipinski definition) is 3. The van der Waals surface area contributed by atoms with E-state index < -0.39 is 5.97 Å². The molecule has 0 saturated carbocycles. The van der Waals surface area contributed by atoms with E-state index in [1.54, 1.807) is 4.90 Å². The monoisotopic (exact) mass is 294 g/mol. The number of aromatic carboxylic acids is 1. The molecule has 7 heteroatoms. The molecule has 1 saturated heterocycles. The largest absolute Gasteiger partial charge is 0.507 e. The predicted molar refractivity (Wildman–Crippen MR) is 75.7 cm³/mol. The molecule has 0 aromatic heterocycles. The smallest absolute Gasteiger partial charge is 0.339 e. The Morgan fingerprint density at radius 2 is 2.24 bits per heavy atom. The maximum Gasteiger partial charge on any atom is 0.339 e. The van der Waals surface area contributed by atoms with E-state index in [-0.39, 0.29) is 23.4 Å². The van der Waals surface area contributed by atoms with Crippen molar-refractivity contribution in [2.24, 2.45) is 0 Å². The second kappa shape index (κ2) is 6.45. The summed E-state index contributed by atoms with van der Waals surface area (Å²) in [5, 5.41) is 21.1. The number of benzene rings is 1. The van der Waals surface area contributed by atoms with Crippen LogP contribution < -0.4 is 5.32 Å². The number of morpholine rings is 1. The van der Waals surface area contributed by atoms with Gasteiger partial charge in [-0.25, -0.2) is 9.59 Å². The van der Waals surface area contributed by atoms with Gasteiger partial charge in [0.1, 0.15) is 11.3 Å².